The van der Waals surface area contributed by atoms with Crippen molar-refractivity contribution in [2.24, 2.45) is 0 Å². The van der Waals surface area contributed by atoms with Crippen molar-refractivity contribution in [2.75, 3.05) is 0 Å². The molecule has 1 aromatic carbocycles. The number of hydrogen-bond donors (Lipinski definition) is 0. The Balaban J connectivity index is 2.13. The maximum absolute atomic E-state index is 9.07. The normalized spacial score (nSPS) is 27.6. The Morgan fingerprint density at radius 3 is 2.61 bits per heavy atom. The highest BCUT2D eigenvalue weighted by atomic mass is 79.9. The summed E-state index contributed by atoms with van der Waals surface area (Å²) in [4.78, 5) is 0. The summed E-state index contributed by atoms with van der Waals surface area (Å²) in [5, 5.41) is 9.07. The third-order valence-electron chi connectivity index (χ3n) is 3.01. The minimum atomic E-state index is 0.116. The third kappa shape index (κ3) is 3.24. The van der Waals surface area contributed by atoms with E-state index in [1.807, 2.05) is 12.1 Å². The Kier molecular flexibility index (Phi) is 4.26. The van der Waals surface area contributed by atoms with E-state index in [0.29, 0.717) is 11.3 Å². The first-order chi connectivity index (χ1) is 8.58. The largest absolute Gasteiger partial charge is 0.489 e. The standard InChI is InChI=1S/C14H16BrNO2/c1-9-5-13(6-10(2)17-9)18-14-7-12(15)4-3-11(14)8-16/h3-4,7,9-10,13H,5-6H2,1-2H3. The summed E-state index contributed by atoms with van der Waals surface area (Å²) in [5.74, 6) is 0.651. The van der Waals surface area contributed by atoms with E-state index in [0.717, 1.165) is 17.3 Å². The van der Waals surface area contributed by atoms with Crippen LogP contribution in [0.15, 0.2) is 22.7 Å². The van der Waals surface area contributed by atoms with Crippen molar-refractivity contribution in [3.05, 3.63) is 28.2 Å². The molecular weight excluding hydrogens is 294 g/mol. The van der Waals surface area contributed by atoms with Gasteiger partial charge in [0.05, 0.1) is 17.8 Å². The van der Waals surface area contributed by atoms with Gasteiger partial charge in [-0.2, -0.15) is 5.26 Å². The lowest BCUT2D eigenvalue weighted by molar-refractivity contribution is -0.0722. The molecular formula is C14H16BrNO2. The van der Waals surface area contributed by atoms with Crippen molar-refractivity contribution in [2.45, 2.75) is 45.0 Å². The topological polar surface area (TPSA) is 42.2 Å². The lowest BCUT2D eigenvalue weighted by Crippen LogP contribution is -2.35. The summed E-state index contributed by atoms with van der Waals surface area (Å²) in [6, 6.07) is 7.63. The van der Waals surface area contributed by atoms with Crippen LogP contribution in [0.1, 0.15) is 32.3 Å². The number of benzene rings is 1. The van der Waals surface area contributed by atoms with Crippen LogP contribution in [0.5, 0.6) is 5.75 Å². The highest BCUT2D eigenvalue weighted by molar-refractivity contribution is 9.10. The van der Waals surface area contributed by atoms with Gasteiger partial charge in [-0.05, 0) is 32.0 Å². The molecule has 0 amide bonds. The zero-order valence-electron chi connectivity index (χ0n) is 10.5. The molecule has 1 aliphatic heterocycles. The zero-order chi connectivity index (χ0) is 13.1. The van der Waals surface area contributed by atoms with Gasteiger partial charge in [-0.15, -0.1) is 0 Å². The number of ether oxygens (including phenoxy) is 2. The van der Waals surface area contributed by atoms with E-state index in [1.165, 1.54) is 0 Å². The van der Waals surface area contributed by atoms with Crippen LogP contribution in [-0.4, -0.2) is 18.3 Å². The second-order valence-electron chi connectivity index (χ2n) is 4.72. The van der Waals surface area contributed by atoms with Crippen LogP contribution in [0.25, 0.3) is 0 Å². The molecule has 2 rings (SSSR count). The van der Waals surface area contributed by atoms with Crippen LogP contribution < -0.4 is 4.74 Å². The molecule has 0 radical (unpaired) electrons. The van der Waals surface area contributed by atoms with Gasteiger partial charge in [0.25, 0.3) is 0 Å². The van der Waals surface area contributed by atoms with Crippen molar-refractivity contribution in [1.82, 2.24) is 0 Å². The smallest absolute Gasteiger partial charge is 0.138 e. The monoisotopic (exact) mass is 309 g/mol. The lowest BCUT2D eigenvalue weighted by atomic mass is 10.0. The van der Waals surface area contributed by atoms with Gasteiger partial charge in [-0.25, -0.2) is 0 Å². The Bertz CT molecular complexity index is 459. The summed E-state index contributed by atoms with van der Waals surface area (Å²) in [7, 11) is 0. The average molecular weight is 310 g/mol. The van der Waals surface area contributed by atoms with Crippen LogP contribution in [0.3, 0.4) is 0 Å². The zero-order valence-corrected chi connectivity index (χ0v) is 12.1. The molecule has 0 aliphatic carbocycles. The lowest BCUT2D eigenvalue weighted by Gasteiger charge is -2.32. The second kappa shape index (κ2) is 5.73. The van der Waals surface area contributed by atoms with Crippen LogP contribution in [-0.2, 0) is 4.74 Å². The van der Waals surface area contributed by atoms with E-state index in [-0.39, 0.29) is 18.3 Å². The summed E-state index contributed by atoms with van der Waals surface area (Å²) in [6.45, 7) is 4.11. The molecule has 96 valence electrons. The Morgan fingerprint density at radius 1 is 1.33 bits per heavy atom. The van der Waals surface area contributed by atoms with Crippen molar-refractivity contribution in [1.29, 1.82) is 5.26 Å². The Hall–Kier alpha value is -1.05. The molecule has 1 aliphatic rings. The number of nitrogens with zero attached hydrogens (tertiary/aromatic N) is 1. The molecule has 0 aromatic heterocycles. The van der Waals surface area contributed by atoms with Crippen molar-refractivity contribution >= 4 is 15.9 Å². The van der Waals surface area contributed by atoms with Gasteiger partial charge in [0.15, 0.2) is 0 Å². The minimum Gasteiger partial charge on any atom is -0.489 e. The molecule has 4 heteroatoms. The first kappa shape index (κ1) is 13.4. The van der Waals surface area contributed by atoms with Crippen molar-refractivity contribution in [3.63, 3.8) is 0 Å². The molecule has 1 aromatic rings. The fraction of sp³-hybridized carbons (Fsp3) is 0.500. The molecule has 3 nitrogen and oxygen atoms in total. The molecule has 1 heterocycles. The van der Waals surface area contributed by atoms with Crippen molar-refractivity contribution in [3.8, 4) is 11.8 Å². The Labute approximate surface area is 116 Å². The number of nitriles is 1. The quantitative estimate of drug-likeness (QED) is 0.837. The van der Waals surface area contributed by atoms with Gasteiger partial charge >= 0.3 is 0 Å². The predicted octanol–water partition coefficient (Wildman–Crippen LogP) is 3.66. The van der Waals surface area contributed by atoms with E-state index in [9.17, 15) is 0 Å². The number of rotatable bonds is 2. The van der Waals surface area contributed by atoms with Crippen LogP contribution in [0.2, 0.25) is 0 Å². The second-order valence-corrected chi connectivity index (χ2v) is 5.64. The first-order valence-corrected chi connectivity index (χ1v) is 6.89. The van der Waals surface area contributed by atoms with Gasteiger partial charge in [-0.3, -0.25) is 0 Å². The van der Waals surface area contributed by atoms with E-state index >= 15 is 0 Å². The molecule has 2 unspecified atom stereocenters. The maximum Gasteiger partial charge on any atom is 0.138 e. The molecule has 18 heavy (non-hydrogen) atoms. The van der Waals surface area contributed by atoms with Crippen LogP contribution in [0.4, 0.5) is 0 Å². The molecule has 2 atom stereocenters. The minimum absolute atomic E-state index is 0.116. The van der Waals surface area contributed by atoms with Gasteiger partial charge in [-0.1, -0.05) is 15.9 Å². The molecule has 1 fully saturated rings. The fourth-order valence-corrected chi connectivity index (χ4v) is 2.65. The highest BCUT2D eigenvalue weighted by Gasteiger charge is 2.26. The van der Waals surface area contributed by atoms with Crippen molar-refractivity contribution < 1.29 is 9.47 Å². The third-order valence-corrected chi connectivity index (χ3v) is 3.51. The van der Waals surface area contributed by atoms with Gasteiger partial charge < -0.3 is 9.47 Å². The summed E-state index contributed by atoms with van der Waals surface area (Å²) in [6.07, 6.45) is 2.25. The highest BCUT2D eigenvalue weighted by Crippen LogP contribution is 2.28. The summed E-state index contributed by atoms with van der Waals surface area (Å²) in [5.41, 5.74) is 0.574. The van der Waals surface area contributed by atoms with Gasteiger partial charge in [0, 0.05) is 17.3 Å². The summed E-state index contributed by atoms with van der Waals surface area (Å²) < 4.78 is 12.6. The van der Waals surface area contributed by atoms with E-state index in [1.54, 1.807) is 6.07 Å². The average Bonchev–Trinajstić information content (AvgIpc) is 2.27. The number of halogens is 1. The van der Waals surface area contributed by atoms with E-state index in [2.05, 4.69) is 35.8 Å². The van der Waals surface area contributed by atoms with Gasteiger partial charge in [0.1, 0.15) is 17.9 Å². The molecule has 0 spiro atoms. The van der Waals surface area contributed by atoms with Crippen LogP contribution >= 0.6 is 15.9 Å². The molecule has 0 saturated carbocycles. The first-order valence-electron chi connectivity index (χ1n) is 6.10. The van der Waals surface area contributed by atoms with Gasteiger partial charge in [0.2, 0.25) is 0 Å². The van der Waals surface area contributed by atoms with E-state index in [4.69, 9.17) is 14.7 Å². The maximum atomic E-state index is 9.07. The molecule has 0 bridgehead atoms. The predicted molar refractivity (Wildman–Crippen MR) is 72.5 cm³/mol. The molecule has 1 saturated heterocycles. The fourth-order valence-electron chi connectivity index (χ4n) is 2.31. The summed E-state index contributed by atoms with van der Waals surface area (Å²) >= 11 is 3.40. The SMILES string of the molecule is CC1CC(Oc2cc(Br)ccc2C#N)CC(C)O1. The molecule has 0 N–H and O–H groups in total. The Morgan fingerprint density at radius 2 is 2.00 bits per heavy atom. The van der Waals surface area contributed by atoms with E-state index < -0.39 is 0 Å². The van der Waals surface area contributed by atoms with Crippen LogP contribution in [0, 0.1) is 11.3 Å². The number of hydrogen-bond acceptors (Lipinski definition) is 3.